The van der Waals surface area contributed by atoms with Crippen LogP contribution in [0.3, 0.4) is 0 Å². The number of aromatic nitrogens is 2. The highest BCUT2D eigenvalue weighted by molar-refractivity contribution is 5.48. The molecule has 0 atom stereocenters. The van der Waals surface area contributed by atoms with Crippen molar-refractivity contribution in [1.82, 2.24) is 9.97 Å². The summed E-state index contributed by atoms with van der Waals surface area (Å²) in [5.74, 6) is 1.99. The predicted octanol–water partition coefficient (Wildman–Crippen LogP) is 3.71. The number of unbranched alkanes of at least 4 members (excludes halogenated alkanes) is 2. The van der Waals surface area contributed by atoms with Gasteiger partial charge in [0.1, 0.15) is 18.0 Å². The van der Waals surface area contributed by atoms with Crippen molar-refractivity contribution in [2.75, 3.05) is 29.9 Å². The SMILES string of the molecule is CCCCN(CCCC)c1cc(NCCC)ncn1. The molecule has 4 nitrogen and oxygen atoms in total. The van der Waals surface area contributed by atoms with Gasteiger partial charge in [-0.05, 0) is 19.3 Å². The van der Waals surface area contributed by atoms with Crippen LogP contribution in [0.15, 0.2) is 12.4 Å². The highest BCUT2D eigenvalue weighted by Crippen LogP contribution is 2.15. The van der Waals surface area contributed by atoms with Gasteiger partial charge in [-0.3, -0.25) is 0 Å². The summed E-state index contributed by atoms with van der Waals surface area (Å²) in [6.07, 6.45) is 7.63. The maximum absolute atomic E-state index is 4.43. The first-order valence-electron chi connectivity index (χ1n) is 7.62. The zero-order valence-electron chi connectivity index (χ0n) is 12.7. The van der Waals surface area contributed by atoms with Crippen LogP contribution in [-0.2, 0) is 0 Å². The molecule has 1 aromatic heterocycles. The first-order chi connectivity index (χ1) is 9.31. The van der Waals surface area contributed by atoms with Crippen LogP contribution in [0.1, 0.15) is 52.9 Å². The lowest BCUT2D eigenvalue weighted by atomic mass is 10.2. The second-order valence-corrected chi connectivity index (χ2v) is 4.88. The Bertz CT molecular complexity index is 333. The van der Waals surface area contributed by atoms with Crippen LogP contribution in [-0.4, -0.2) is 29.6 Å². The number of rotatable bonds is 10. The summed E-state index contributed by atoms with van der Waals surface area (Å²) in [7, 11) is 0. The van der Waals surface area contributed by atoms with Crippen molar-refractivity contribution >= 4 is 11.6 Å². The average Bonchev–Trinajstić information content (AvgIpc) is 2.45. The Morgan fingerprint density at radius 2 is 1.68 bits per heavy atom. The summed E-state index contributed by atoms with van der Waals surface area (Å²) in [5.41, 5.74) is 0. The fourth-order valence-electron chi connectivity index (χ4n) is 1.91. The molecule has 0 amide bonds. The highest BCUT2D eigenvalue weighted by Gasteiger charge is 2.08. The summed E-state index contributed by atoms with van der Waals surface area (Å²) in [4.78, 5) is 11.1. The Kier molecular flexibility index (Phi) is 7.94. The van der Waals surface area contributed by atoms with Crippen LogP contribution < -0.4 is 10.2 Å². The molecular formula is C15H28N4. The molecule has 19 heavy (non-hydrogen) atoms. The Labute approximate surface area is 117 Å². The number of hydrogen-bond donors (Lipinski definition) is 1. The van der Waals surface area contributed by atoms with Crippen molar-refractivity contribution < 1.29 is 0 Å². The fraction of sp³-hybridized carbons (Fsp3) is 0.733. The molecule has 0 radical (unpaired) electrons. The van der Waals surface area contributed by atoms with Crippen LogP contribution >= 0.6 is 0 Å². The zero-order chi connectivity index (χ0) is 13.9. The molecule has 0 spiro atoms. The number of nitrogens with zero attached hydrogens (tertiary/aromatic N) is 3. The molecule has 0 aliphatic heterocycles. The molecule has 0 saturated heterocycles. The molecule has 0 unspecified atom stereocenters. The predicted molar refractivity (Wildman–Crippen MR) is 82.8 cm³/mol. The molecule has 0 aromatic carbocycles. The quantitative estimate of drug-likeness (QED) is 0.699. The van der Waals surface area contributed by atoms with E-state index in [9.17, 15) is 0 Å². The summed E-state index contributed by atoms with van der Waals surface area (Å²) in [6, 6.07) is 2.07. The first kappa shape index (κ1) is 15.7. The topological polar surface area (TPSA) is 41.0 Å². The van der Waals surface area contributed by atoms with Gasteiger partial charge in [-0.2, -0.15) is 0 Å². The average molecular weight is 264 g/mol. The smallest absolute Gasteiger partial charge is 0.134 e. The van der Waals surface area contributed by atoms with Gasteiger partial charge in [0.05, 0.1) is 0 Å². The van der Waals surface area contributed by atoms with Crippen LogP contribution in [0, 0.1) is 0 Å². The Morgan fingerprint density at radius 1 is 1.00 bits per heavy atom. The standard InChI is InChI=1S/C15H28N4/c1-4-7-10-19(11-8-5-2)15-12-14(16-9-6-3)17-13-18-15/h12-13H,4-11H2,1-3H3,(H,16,17,18). The maximum Gasteiger partial charge on any atom is 0.134 e. The highest BCUT2D eigenvalue weighted by atomic mass is 15.2. The third kappa shape index (κ3) is 5.90. The van der Waals surface area contributed by atoms with E-state index in [2.05, 4.69) is 47.0 Å². The van der Waals surface area contributed by atoms with Crippen molar-refractivity contribution in [2.45, 2.75) is 52.9 Å². The van der Waals surface area contributed by atoms with Gasteiger partial charge in [0.25, 0.3) is 0 Å². The maximum atomic E-state index is 4.43. The minimum absolute atomic E-state index is 0.935. The lowest BCUT2D eigenvalue weighted by molar-refractivity contribution is 0.670. The monoisotopic (exact) mass is 264 g/mol. The normalized spacial score (nSPS) is 10.5. The van der Waals surface area contributed by atoms with E-state index in [-0.39, 0.29) is 0 Å². The Morgan fingerprint density at radius 3 is 2.26 bits per heavy atom. The molecule has 0 aliphatic rings. The van der Waals surface area contributed by atoms with Gasteiger partial charge < -0.3 is 10.2 Å². The first-order valence-corrected chi connectivity index (χ1v) is 7.62. The lowest BCUT2D eigenvalue weighted by Gasteiger charge is -2.23. The molecule has 4 heteroatoms. The van der Waals surface area contributed by atoms with E-state index in [1.165, 1.54) is 25.7 Å². The zero-order valence-corrected chi connectivity index (χ0v) is 12.7. The van der Waals surface area contributed by atoms with E-state index in [4.69, 9.17) is 0 Å². The summed E-state index contributed by atoms with van der Waals surface area (Å²) in [5, 5.41) is 3.32. The van der Waals surface area contributed by atoms with E-state index in [1.54, 1.807) is 6.33 Å². The van der Waals surface area contributed by atoms with Crippen molar-refractivity contribution in [3.05, 3.63) is 12.4 Å². The van der Waals surface area contributed by atoms with E-state index >= 15 is 0 Å². The largest absolute Gasteiger partial charge is 0.370 e. The second kappa shape index (κ2) is 9.59. The number of anilines is 2. The van der Waals surface area contributed by atoms with E-state index in [0.717, 1.165) is 37.7 Å². The molecule has 0 saturated carbocycles. The summed E-state index contributed by atoms with van der Waals surface area (Å²) in [6.45, 7) is 9.74. The molecular weight excluding hydrogens is 236 g/mol. The third-order valence-electron chi connectivity index (χ3n) is 3.10. The molecule has 0 bridgehead atoms. The van der Waals surface area contributed by atoms with Crippen LogP contribution in [0.2, 0.25) is 0 Å². The molecule has 1 N–H and O–H groups in total. The lowest BCUT2D eigenvalue weighted by Crippen LogP contribution is -2.26. The van der Waals surface area contributed by atoms with Gasteiger partial charge in [0.2, 0.25) is 0 Å². The molecule has 1 rings (SSSR count). The number of hydrogen-bond acceptors (Lipinski definition) is 4. The van der Waals surface area contributed by atoms with Crippen molar-refractivity contribution in [3.63, 3.8) is 0 Å². The minimum Gasteiger partial charge on any atom is -0.370 e. The fourth-order valence-corrected chi connectivity index (χ4v) is 1.91. The Hall–Kier alpha value is -1.32. The summed E-state index contributed by atoms with van der Waals surface area (Å²) < 4.78 is 0. The van der Waals surface area contributed by atoms with Crippen LogP contribution in [0.5, 0.6) is 0 Å². The van der Waals surface area contributed by atoms with Gasteiger partial charge in [-0.1, -0.05) is 33.6 Å². The van der Waals surface area contributed by atoms with Crippen molar-refractivity contribution in [2.24, 2.45) is 0 Å². The van der Waals surface area contributed by atoms with Gasteiger partial charge in [-0.15, -0.1) is 0 Å². The van der Waals surface area contributed by atoms with Crippen molar-refractivity contribution in [3.8, 4) is 0 Å². The van der Waals surface area contributed by atoms with Gasteiger partial charge in [-0.25, -0.2) is 9.97 Å². The van der Waals surface area contributed by atoms with Crippen LogP contribution in [0.25, 0.3) is 0 Å². The van der Waals surface area contributed by atoms with Crippen molar-refractivity contribution in [1.29, 1.82) is 0 Å². The summed E-state index contributed by atoms with van der Waals surface area (Å²) >= 11 is 0. The molecule has 0 aliphatic carbocycles. The number of nitrogens with one attached hydrogen (secondary N) is 1. The third-order valence-corrected chi connectivity index (χ3v) is 3.10. The van der Waals surface area contributed by atoms with Gasteiger partial charge in [0.15, 0.2) is 0 Å². The van der Waals surface area contributed by atoms with E-state index < -0.39 is 0 Å². The van der Waals surface area contributed by atoms with Gasteiger partial charge >= 0.3 is 0 Å². The minimum atomic E-state index is 0.935. The van der Waals surface area contributed by atoms with Gasteiger partial charge in [0, 0.05) is 25.7 Å². The molecule has 1 aromatic rings. The molecule has 108 valence electrons. The second-order valence-electron chi connectivity index (χ2n) is 4.88. The van der Waals surface area contributed by atoms with E-state index in [0.29, 0.717) is 0 Å². The van der Waals surface area contributed by atoms with E-state index in [1.807, 2.05) is 0 Å². The molecule has 1 heterocycles. The van der Waals surface area contributed by atoms with Crippen LogP contribution in [0.4, 0.5) is 11.6 Å². The molecule has 0 fully saturated rings. The Balaban J connectivity index is 2.69.